The fourth-order valence-electron chi connectivity index (χ4n) is 2.67. The van der Waals surface area contributed by atoms with Gasteiger partial charge in [0.1, 0.15) is 5.69 Å². The summed E-state index contributed by atoms with van der Waals surface area (Å²) in [5, 5.41) is 14.0. The molecular weight excluding hydrogens is 304 g/mol. The Hall–Kier alpha value is -1.91. The SMILES string of the molecule is CCCCCCCc1ccc(NC(=O)CCCCC)c([N+](=O)[O-])c1. The highest BCUT2D eigenvalue weighted by molar-refractivity contribution is 5.93. The standard InChI is InChI=1S/C19H30N2O3/c1-3-5-7-8-10-11-16-13-14-17(18(15-16)21(23)24)20-19(22)12-9-6-4-2/h13-15H,3-12H2,1-2H3,(H,20,22). The monoisotopic (exact) mass is 334 g/mol. The van der Waals surface area contributed by atoms with Gasteiger partial charge in [-0.25, -0.2) is 0 Å². The van der Waals surface area contributed by atoms with Crippen LogP contribution in [-0.4, -0.2) is 10.8 Å². The van der Waals surface area contributed by atoms with Gasteiger partial charge >= 0.3 is 0 Å². The number of nitro benzene ring substituents is 1. The average Bonchev–Trinajstić information content (AvgIpc) is 2.56. The molecule has 5 nitrogen and oxygen atoms in total. The summed E-state index contributed by atoms with van der Waals surface area (Å²) in [4.78, 5) is 22.8. The van der Waals surface area contributed by atoms with E-state index in [4.69, 9.17) is 0 Å². The number of nitrogens with one attached hydrogen (secondary N) is 1. The zero-order valence-corrected chi connectivity index (χ0v) is 15.0. The van der Waals surface area contributed by atoms with Crippen LogP contribution >= 0.6 is 0 Å². The van der Waals surface area contributed by atoms with E-state index in [1.165, 1.54) is 19.3 Å². The van der Waals surface area contributed by atoms with Crippen LogP contribution in [0.3, 0.4) is 0 Å². The minimum absolute atomic E-state index is 0.00935. The van der Waals surface area contributed by atoms with Crippen molar-refractivity contribution in [3.05, 3.63) is 33.9 Å². The van der Waals surface area contributed by atoms with E-state index in [-0.39, 0.29) is 11.6 Å². The molecule has 5 heteroatoms. The van der Waals surface area contributed by atoms with E-state index in [2.05, 4.69) is 19.2 Å². The lowest BCUT2D eigenvalue weighted by molar-refractivity contribution is -0.384. The van der Waals surface area contributed by atoms with Crippen molar-refractivity contribution < 1.29 is 9.72 Å². The van der Waals surface area contributed by atoms with Crippen LogP contribution in [0.5, 0.6) is 0 Å². The number of carbonyl (C=O) groups is 1. The highest BCUT2D eigenvalue weighted by Crippen LogP contribution is 2.26. The molecule has 0 fully saturated rings. The number of nitrogens with zero attached hydrogens (tertiary/aromatic N) is 1. The maximum atomic E-state index is 11.9. The number of carbonyl (C=O) groups excluding carboxylic acids is 1. The van der Waals surface area contributed by atoms with Gasteiger partial charge in [-0.05, 0) is 30.9 Å². The van der Waals surface area contributed by atoms with E-state index < -0.39 is 4.92 Å². The molecule has 0 saturated carbocycles. The maximum absolute atomic E-state index is 11.9. The van der Waals surface area contributed by atoms with Crippen LogP contribution in [0.25, 0.3) is 0 Å². The second kappa shape index (κ2) is 11.6. The zero-order chi connectivity index (χ0) is 17.8. The van der Waals surface area contributed by atoms with E-state index in [9.17, 15) is 14.9 Å². The van der Waals surface area contributed by atoms with E-state index in [1.807, 2.05) is 6.07 Å². The Labute approximate surface area is 145 Å². The Bertz CT molecular complexity index is 529. The van der Waals surface area contributed by atoms with Crippen molar-refractivity contribution in [1.29, 1.82) is 0 Å². The normalized spacial score (nSPS) is 10.6. The average molecular weight is 334 g/mol. The number of unbranched alkanes of at least 4 members (excludes halogenated alkanes) is 6. The molecule has 0 heterocycles. The third kappa shape index (κ3) is 7.57. The first-order valence-corrected chi connectivity index (χ1v) is 9.15. The molecule has 0 aliphatic heterocycles. The molecule has 0 aliphatic carbocycles. The first kappa shape index (κ1) is 20.1. The molecule has 0 aliphatic rings. The molecule has 1 N–H and O–H groups in total. The molecule has 0 spiro atoms. The van der Waals surface area contributed by atoms with Gasteiger partial charge in [0, 0.05) is 12.5 Å². The molecule has 1 aromatic rings. The first-order valence-electron chi connectivity index (χ1n) is 9.15. The third-order valence-electron chi connectivity index (χ3n) is 4.11. The van der Waals surface area contributed by atoms with Gasteiger partial charge in [0.2, 0.25) is 5.91 Å². The number of anilines is 1. The molecule has 0 unspecified atom stereocenters. The lowest BCUT2D eigenvalue weighted by Crippen LogP contribution is -2.12. The summed E-state index contributed by atoms with van der Waals surface area (Å²) in [7, 11) is 0. The number of nitro groups is 1. The number of rotatable bonds is 12. The number of hydrogen-bond donors (Lipinski definition) is 1. The van der Waals surface area contributed by atoms with Crippen molar-refractivity contribution in [2.24, 2.45) is 0 Å². The van der Waals surface area contributed by atoms with E-state index in [0.717, 1.165) is 44.1 Å². The van der Waals surface area contributed by atoms with Gasteiger partial charge in [-0.1, -0.05) is 58.4 Å². The van der Waals surface area contributed by atoms with Crippen LogP contribution in [-0.2, 0) is 11.2 Å². The highest BCUT2D eigenvalue weighted by atomic mass is 16.6. The summed E-state index contributed by atoms with van der Waals surface area (Å²) in [6.07, 6.45) is 9.95. The van der Waals surface area contributed by atoms with Gasteiger partial charge in [-0.3, -0.25) is 14.9 Å². The Kier molecular flexibility index (Phi) is 9.73. The predicted molar refractivity (Wildman–Crippen MR) is 98.3 cm³/mol. The summed E-state index contributed by atoms with van der Waals surface area (Å²) in [6.45, 7) is 4.25. The van der Waals surface area contributed by atoms with Gasteiger partial charge in [-0.2, -0.15) is 0 Å². The molecule has 0 radical (unpaired) electrons. The summed E-state index contributed by atoms with van der Waals surface area (Å²) in [6, 6.07) is 5.15. The van der Waals surface area contributed by atoms with Crippen LogP contribution in [0.2, 0.25) is 0 Å². The van der Waals surface area contributed by atoms with Crippen LogP contribution in [0.4, 0.5) is 11.4 Å². The topological polar surface area (TPSA) is 72.2 Å². The number of benzene rings is 1. The largest absolute Gasteiger partial charge is 0.320 e. The summed E-state index contributed by atoms with van der Waals surface area (Å²) >= 11 is 0. The van der Waals surface area contributed by atoms with Gasteiger partial charge in [-0.15, -0.1) is 0 Å². The van der Waals surface area contributed by atoms with E-state index >= 15 is 0 Å². The van der Waals surface area contributed by atoms with Crippen molar-refractivity contribution in [2.45, 2.75) is 78.1 Å². The van der Waals surface area contributed by atoms with E-state index in [0.29, 0.717) is 12.1 Å². The second-order valence-electron chi connectivity index (χ2n) is 6.28. The van der Waals surface area contributed by atoms with Crippen molar-refractivity contribution >= 4 is 17.3 Å². The van der Waals surface area contributed by atoms with Crippen molar-refractivity contribution in [1.82, 2.24) is 0 Å². The summed E-state index contributed by atoms with van der Waals surface area (Å²) in [5.74, 6) is -0.154. The van der Waals surface area contributed by atoms with Crippen molar-refractivity contribution in [2.75, 3.05) is 5.32 Å². The molecule has 0 saturated heterocycles. The molecular formula is C19H30N2O3. The van der Waals surface area contributed by atoms with E-state index in [1.54, 1.807) is 12.1 Å². The molecule has 0 aromatic heterocycles. The summed E-state index contributed by atoms with van der Waals surface area (Å²) < 4.78 is 0. The Balaban J connectivity index is 2.63. The smallest absolute Gasteiger partial charge is 0.293 e. The highest BCUT2D eigenvalue weighted by Gasteiger charge is 2.16. The third-order valence-corrected chi connectivity index (χ3v) is 4.11. The Morgan fingerprint density at radius 3 is 2.38 bits per heavy atom. The van der Waals surface area contributed by atoms with Gasteiger partial charge in [0.05, 0.1) is 4.92 Å². The number of hydrogen-bond acceptors (Lipinski definition) is 3. The molecule has 24 heavy (non-hydrogen) atoms. The molecule has 0 atom stereocenters. The molecule has 134 valence electrons. The maximum Gasteiger partial charge on any atom is 0.293 e. The zero-order valence-electron chi connectivity index (χ0n) is 15.0. The lowest BCUT2D eigenvalue weighted by atomic mass is 10.0. The fraction of sp³-hybridized carbons (Fsp3) is 0.632. The molecule has 0 bridgehead atoms. The number of aryl methyl sites for hydroxylation is 1. The quantitative estimate of drug-likeness (QED) is 0.306. The van der Waals surface area contributed by atoms with Crippen molar-refractivity contribution in [3.8, 4) is 0 Å². The van der Waals surface area contributed by atoms with Crippen LogP contribution in [0.15, 0.2) is 18.2 Å². The van der Waals surface area contributed by atoms with Crippen molar-refractivity contribution in [3.63, 3.8) is 0 Å². The summed E-state index contributed by atoms with van der Waals surface area (Å²) in [5.41, 5.74) is 1.25. The van der Waals surface area contributed by atoms with Crippen LogP contribution in [0, 0.1) is 10.1 Å². The predicted octanol–water partition coefficient (Wildman–Crippen LogP) is 5.63. The second-order valence-corrected chi connectivity index (χ2v) is 6.28. The van der Waals surface area contributed by atoms with Gasteiger partial charge < -0.3 is 5.32 Å². The van der Waals surface area contributed by atoms with Gasteiger partial charge in [0.15, 0.2) is 0 Å². The van der Waals surface area contributed by atoms with Crippen LogP contribution in [0.1, 0.15) is 77.2 Å². The van der Waals surface area contributed by atoms with Crippen LogP contribution < -0.4 is 5.32 Å². The Morgan fingerprint density at radius 1 is 1.04 bits per heavy atom. The first-order chi connectivity index (χ1) is 11.6. The molecule has 1 amide bonds. The molecule has 1 rings (SSSR count). The van der Waals surface area contributed by atoms with Gasteiger partial charge in [0.25, 0.3) is 5.69 Å². The number of amides is 1. The molecule has 1 aromatic carbocycles. The minimum atomic E-state index is -0.414. The fourth-order valence-corrected chi connectivity index (χ4v) is 2.67. The minimum Gasteiger partial charge on any atom is -0.320 e. The lowest BCUT2D eigenvalue weighted by Gasteiger charge is -2.08. The Morgan fingerprint density at radius 2 is 1.71 bits per heavy atom.